The fraction of sp³-hybridized carbons (Fsp3) is 0.750. The Morgan fingerprint density at radius 2 is 1.96 bits per heavy atom. The van der Waals surface area contributed by atoms with Gasteiger partial charge in [0.05, 0.1) is 19.8 Å². The van der Waals surface area contributed by atoms with Gasteiger partial charge in [-0.1, -0.05) is 39.0 Å². The Hall–Kier alpha value is -1.51. The molecule has 1 aromatic rings. The molecule has 1 aromatic heterocycles. The van der Waals surface area contributed by atoms with Gasteiger partial charge in [-0.3, -0.25) is 14.5 Å². The summed E-state index contributed by atoms with van der Waals surface area (Å²) in [6.45, 7) is 6.85. The molecule has 158 valence electrons. The van der Waals surface area contributed by atoms with Gasteiger partial charge in [0.15, 0.2) is 5.13 Å². The zero-order valence-electron chi connectivity index (χ0n) is 17.0. The van der Waals surface area contributed by atoms with Crippen molar-refractivity contribution >= 4 is 28.3 Å². The van der Waals surface area contributed by atoms with E-state index in [1.54, 1.807) is 11.1 Å². The first-order valence-electron chi connectivity index (χ1n) is 10.5. The molecule has 0 radical (unpaired) electrons. The molecule has 0 aromatic carbocycles. The first-order chi connectivity index (χ1) is 13.7. The zero-order valence-corrected chi connectivity index (χ0v) is 17.8. The molecular formula is C20H34N4O3S. The standard InChI is InChI=1S/C20H34N4O3S/c1-2-3-4-5-6-7-8-19(26)24(11-10-23-12-14-27-15-13-23)17-18(25)22-20-21-9-16-28-20/h9,16H,2-8,10-15,17H2,1H3,(H,21,22,25). The highest BCUT2D eigenvalue weighted by Gasteiger charge is 2.19. The molecule has 1 aliphatic heterocycles. The van der Waals surface area contributed by atoms with Crippen LogP contribution in [-0.2, 0) is 14.3 Å². The van der Waals surface area contributed by atoms with Crippen LogP contribution in [-0.4, -0.2) is 72.5 Å². The number of anilines is 1. The SMILES string of the molecule is CCCCCCCCC(=O)N(CCN1CCOCC1)CC(=O)Nc1nccs1. The molecule has 0 saturated carbocycles. The van der Waals surface area contributed by atoms with E-state index in [2.05, 4.69) is 22.1 Å². The smallest absolute Gasteiger partial charge is 0.245 e. The minimum absolute atomic E-state index is 0.0676. The summed E-state index contributed by atoms with van der Waals surface area (Å²) in [6.07, 6.45) is 9.04. The lowest BCUT2D eigenvalue weighted by Gasteiger charge is -2.30. The van der Waals surface area contributed by atoms with Crippen molar-refractivity contribution in [3.63, 3.8) is 0 Å². The Morgan fingerprint density at radius 3 is 2.68 bits per heavy atom. The predicted molar refractivity (Wildman–Crippen MR) is 113 cm³/mol. The number of unbranched alkanes of at least 4 members (excludes halogenated alkanes) is 5. The number of nitrogens with one attached hydrogen (secondary N) is 1. The van der Waals surface area contributed by atoms with Crippen molar-refractivity contribution in [2.24, 2.45) is 0 Å². The summed E-state index contributed by atoms with van der Waals surface area (Å²) in [5.74, 6) is -0.119. The maximum absolute atomic E-state index is 12.7. The first-order valence-corrected chi connectivity index (χ1v) is 11.3. The lowest BCUT2D eigenvalue weighted by molar-refractivity contribution is -0.135. The number of amides is 2. The van der Waals surface area contributed by atoms with E-state index < -0.39 is 0 Å². The first kappa shape index (κ1) is 22.8. The molecule has 1 N–H and O–H groups in total. The highest BCUT2D eigenvalue weighted by Crippen LogP contribution is 2.11. The van der Waals surface area contributed by atoms with E-state index in [4.69, 9.17) is 4.74 Å². The lowest BCUT2D eigenvalue weighted by Crippen LogP contribution is -2.45. The summed E-state index contributed by atoms with van der Waals surface area (Å²) in [6, 6.07) is 0. The Labute approximate surface area is 172 Å². The molecular weight excluding hydrogens is 376 g/mol. The maximum atomic E-state index is 12.7. The summed E-state index contributed by atoms with van der Waals surface area (Å²) in [5.41, 5.74) is 0. The molecule has 0 bridgehead atoms. The number of ether oxygens (including phenoxy) is 1. The number of rotatable bonds is 13. The van der Waals surface area contributed by atoms with Crippen molar-refractivity contribution in [1.82, 2.24) is 14.8 Å². The molecule has 2 heterocycles. The third-order valence-corrected chi connectivity index (χ3v) is 5.59. The van der Waals surface area contributed by atoms with Crippen molar-refractivity contribution in [2.75, 3.05) is 51.3 Å². The van der Waals surface area contributed by atoms with E-state index in [0.717, 1.165) is 45.7 Å². The molecule has 0 unspecified atom stereocenters. The van der Waals surface area contributed by atoms with E-state index in [1.807, 2.05) is 5.38 Å². The van der Waals surface area contributed by atoms with Gasteiger partial charge < -0.3 is 15.0 Å². The number of carbonyl (C=O) groups is 2. The van der Waals surface area contributed by atoms with Crippen molar-refractivity contribution in [3.8, 4) is 0 Å². The van der Waals surface area contributed by atoms with Gasteiger partial charge in [-0.05, 0) is 6.42 Å². The highest BCUT2D eigenvalue weighted by molar-refractivity contribution is 7.13. The Bertz CT molecular complexity index is 562. The third-order valence-electron chi connectivity index (χ3n) is 4.90. The van der Waals surface area contributed by atoms with Gasteiger partial charge in [-0.15, -0.1) is 11.3 Å². The third kappa shape index (κ3) is 9.12. The van der Waals surface area contributed by atoms with Gasteiger partial charge in [-0.2, -0.15) is 0 Å². The van der Waals surface area contributed by atoms with E-state index in [0.29, 0.717) is 18.1 Å². The second-order valence-electron chi connectivity index (χ2n) is 7.17. The molecule has 8 heteroatoms. The van der Waals surface area contributed by atoms with Crippen LogP contribution in [0.15, 0.2) is 11.6 Å². The number of hydrogen-bond donors (Lipinski definition) is 1. The van der Waals surface area contributed by atoms with Crippen molar-refractivity contribution in [3.05, 3.63) is 11.6 Å². The van der Waals surface area contributed by atoms with E-state index >= 15 is 0 Å². The van der Waals surface area contributed by atoms with Gasteiger partial charge in [0.2, 0.25) is 11.8 Å². The summed E-state index contributed by atoms with van der Waals surface area (Å²) < 4.78 is 5.38. The number of thiazole rings is 1. The highest BCUT2D eigenvalue weighted by atomic mass is 32.1. The second-order valence-corrected chi connectivity index (χ2v) is 8.07. The fourth-order valence-electron chi connectivity index (χ4n) is 3.21. The number of aromatic nitrogens is 1. The summed E-state index contributed by atoms with van der Waals surface area (Å²) >= 11 is 1.38. The van der Waals surface area contributed by atoms with Crippen LogP contribution in [0.5, 0.6) is 0 Å². The van der Waals surface area contributed by atoms with Gasteiger partial charge in [-0.25, -0.2) is 4.98 Å². The van der Waals surface area contributed by atoms with Crippen LogP contribution in [0.4, 0.5) is 5.13 Å². The van der Waals surface area contributed by atoms with Gasteiger partial charge in [0.25, 0.3) is 0 Å². The van der Waals surface area contributed by atoms with Crippen LogP contribution in [0, 0.1) is 0 Å². The number of carbonyl (C=O) groups excluding carboxylic acids is 2. The van der Waals surface area contributed by atoms with E-state index in [-0.39, 0.29) is 18.4 Å². The van der Waals surface area contributed by atoms with Crippen LogP contribution in [0.1, 0.15) is 51.9 Å². The largest absolute Gasteiger partial charge is 0.379 e. The van der Waals surface area contributed by atoms with Crippen LogP contribution in [0.3, 0.4) is 0 Å². The average Bonchev–Trinajstić information content (AvgIpc) is 3.21. The predicted octanol–water partition coefficient (Wildman–Crippen LogP) is 2.99. The fourth-order valence-corrected chi connectivity index (χ4v) is 3.76. The van der Waals surface area contributed by atoms with Crippen molar-refractivity contribution in [1.29, 1.82) is 0 Å². The number of morpholine rings is 1. The molecule has 1 saturated heterocycles. The van der Waals surface area contributed by atoms with Crippen LogP contribution in [0.2, 0.25) is 0 Å². The van der Waals surface area contributed by atoms with Crippen LogP contribution < -0.4 is 5.32 Å². The monoisotopic (exact) mass is 410 g/mol. The quantitative estimate of drug-likeness (QED) is 0.506. The molecule has 2 amide bonds. The van der Waals surface area contributed by atoms with Gasteiger partial charge in [0, 0.05) is 44.2 Å². The van der Waals surface area contributed by atoms with Gasteiger partial charge in [0.1, 0.15) is 0 Å². The van der Waals surface area contributed by atoms with Crippen molar-refractivity contribution in [2.45, 2.75) is 51.9 Å². The van der Waals surface area contributed by atoms with Gasteiger partial charge >= 0.3 is 0 Å². The van der Waals surface area contributed by atoms with Crippen LogP contribution >= 0.6 is 11.3 Å². The average molecular weight is 411 g/mol. The molecule has 1 aliphatic rings. The van der Waals surface area contributed by atoms with Crippen molar-refractivity contribution < 1.29 is 14.3 Å². The van der Waals surface area contributed by atoms with E-state index in [9.17, 15) is 9.59 Å². The minimum atomic E-state index is -0.187. The Balaban J connectivity index is 1.79. The maximum Gasteiger partial charge on any atom is 0.245 e. The number of hydrogen-bond acceptors (Lipinski definition) is 6. The Kier molecular flexibility index (Phi) is 11.1. The number of nitrogens with zero attached hydrogens (tertiary/aromatic N) is 3. The van der Waals surface area contributed by atoms with Crippen LogP contribution in [0.25, 0.3) is 0 Å². The van der Waals surface area contributed by atoms with E-state index in [1.165, 1.54) is 37.0 Å². The minimum Gasteiger partial charge on any atom is -0.379 e. The summed E-state index contributed by atoms with van der Waals surface area (Å²) in [4.78, 5) is 33.1. The lowest BCUT2D eigenvalue weighted by atomic mass is 10.1. The molecule has 0 atom stereocenters. The molecule has 0 spiro atoms. The molecule has 2 rings (SSSR count). The second kappa shape index (κ2) is 13.6. The molecule has 7 nitrogen and oxygen atoms in total. The summed E-state index contributed by atoms with van der Waals surface area (Å²) in [7, 11) is 0. The summed E-state index contributed by atoms with van der Waals surface area (Å²) in [5, 5.41) is 5.16. The molecule has 1 fully saturated rings. The normalized spacial score (nSPS) is 14.8. The zero-order chi connectivity index (χ0) is 20.0. The molecule has 0 aliphatic carbocycles. The molecule has 28 heavy (non-hydrogen) atoms. The Morgan fingerprint density at radius 1 is 1.21 bits per heavy atom. The topological polar surface area (TPSA) is 74.8 Å².